The fraction of sp³-hybridized carbons (Fsp3) is 0.600. The van der Waals surface area contributed by atoms with Gasteiger partial charge >= 0.3 is 159 Å². The van der Waals surface area contributed by atoms with Gasteiger partial charge in [-0.25, -0.2) is 0 Å². The Kier molecular flexibility index (Phi) is 6.72. The number of halogens is 2. The Morgan fingerprint density at radius 1 is 0.875 bits per heavy atom. The van der Waals surface area contributed by atoms with Crippen molar-refractivity contribution in [3.8, 4) is 0 Å². The molecular formula is C20H33Cl2HfSi. The van der Waals surface area contributed by atoms with Crippen LogP contribution in [0, 0.1) is 0 Å². The number of allylic oxidation sites excluding steroid dienone is 8. The first-order valence-corrected chi connectivity index (χ1v) is 31.7. The molecule has 0 aromatic heterocycles. The van der Waals surface area contributed by atoms with Crippen molar-refractivity contribution in [1.82, 2.24) is 0 Å². The number of hydrogen-bond donors (Lipinski definition) is 0. The van der Waals surface area contributed by atoms with Crippen molar-refractivity contribution in [2.75, 3.05) is 0 Å². The fourth-order valence-corrected chi connectivity index (χ4v) is 45.5. The summed E-state index contributed by atoms with van der Waals surface area (Å²) in [6, 6.07) is 0. The van der Waals surface area contributed by atoms with Gasteiger partial charge in [0, 0.05) is 0 Å². The van der Waals surface area contributed by atoms with Crippen molar-refractivity contribution >= 4 is 23.1 Å². The second kappa shape index (κ2) is 7.70. The van der Waals surface area contributed by atoms with E-state index in [9.17, 15) is 0 Å². The average Bonchev–Trinajstić information content (AvgIpc) is 3.04. The van der Waals surface area contributed by atoms with E-state index < -0.39 is 21.3 Å². The molecule has 0 saturated carbocycles. The van der Waals surface area contributed by atoms with Crippen LogP contribution in [0.25, 0.3) is 0 Å². The van der Waals surface area contributed by atoms with Gasteiger partial charge in [-0.05, 0) is 0 Å². The zero-order chi connectivity index (χ0) is 18.1. The molecule has 4 heteroatoms. The molecule has 0 radical (unpaired) electrons. The summed E-state index contributed by atoms with van der Waals surface area (Å²) in [6.07, 6.45) is 14.2. The van der Waals surface area contributed by atoms with Crippen LogP contribution in [0.4, 0.5) is 0 Å². The Labute approximate surface area is 157 Å². The van der Waals surface area contributed by atoms with Crippen LogP contribution in [0.15, 0.2) is 46.6 Å². The average molecular weight is 551 g/mol. The topological polar surface area (TPSA) is 0 Å². The second-order valence-electron chi connectivity index (χ2n) is 8.10. The van der Waals surface area contributed by atoms with Gasteiger partial charge in [0.1, 0.15) is 0 Å². The Bertz CT molecular complexity index is 578. The van der Waals surface area contributed by atoms with Crippen LogP contribution in [0.2, 0.25) is 20.4 Å². The van der Waals surface area contributed by atoms with Gasteiger partial charge in [-0.2, -0.15) is 0 Å². The van der Waals surface area contributed by atoms with Crippen LogP contribution in [-0.4, -0.2) is 5.98 Å². The third-order valence-electron chi connectivity index (χ3n) is 5.85. The maximum atomic E-state index is 7.81. The molecule has 0 heterocycles. The monoisotopic (exact) mass is 551 g/mol. The third-order valence-corrected chi connectivity index (χ3v) is 79.2. The summed E-state index contributed by atoms with van der Waals surface area (Å²) in [5.74, 6) is -1.22. The summed E-state index contributed by atoms with van der Waals surface area (Å²) in [5.41, 5.74) is 5.76. The Balaban J connectivity index is 2.58. The van der Waals surface area contributed by atoms with Crippen LogP contribution in [0.1, 0.15) is 53.4 Å². The van der Waals surface area contributed by atoms with E-state index in [1.54, 1.807) is 0 Å². The van der Waals surface area contributed by atoms with Crippen molar-refractivity contribution in [3.05, 3.63) is 46.6 Å². The minimum atomic E-state index is -4.20. The standard InChI is InChI=1S/2C9H13.C2H7Si.2ClH.Hf/c2*1-3-4-9-6-5-8(2)7-9;1-3-2;;;/h2*5-7H,3-4H2,1-2H3;3H,1-2H3;2*1H;/q;;;;;+2/p-2. The molecule has 2 aliphatic carbocycles. The molecule has 2 aliphatic rings. The van der Waals surface area contributed by atoms with Crippen LogP contribution in [0.3, 0.4) is 0 Å². The summed E-state index contributed by atoms with van der Waals surface area (Å²) >= 11 is -4.20. The first-order chi connectivity index (χ1) is 11.1. The maximum absolute atomic E-state index is 7.81. The molecule has 0 fully saturated rings. The molecule has 0 aliphatic heterocycles. The minimum absolute atomic E-state index is 0.351. The van der Waals surface area contributed by atoms with E-state index in [0.29, 0.717) is 7.35 Å². The molecule has 0 spiro atoms. The van der Waals surface area contributed by atoms with E-state index in [4.69, 9.17) is 17.2 Å². The Morgan fingerprint density at radius 2 is 1.25 bits per heavy atom. The van der Waals surface area contributed by atoms with Gasteiger partial charge < -0.3 is 0 Å². The third kappa shape index (κ3) is 3.55. The molecular weight excluding hydrogens is 518 g/mol. The van der Waals surface area contributed by atoms with Gasteiger partial charge in [0.2, 0.25) is 0 Å². The molecule has 0 amide bonds. The summed E-state index contributed by atoms with van der Waals surface area (Å²) in [5, 5.41) is 0. The van der Waals surface area contributed by atoms with Gasteiger partial charge in [-0.3, -0.25) is 0 Å². The summed E-state index contributed by atoms with van der Waals surface area (Å²) in [4.78, 5) is 0. The Morgan fingerprint density at radius 3 is 1.54 bits per heavy atom. The van der Waals surface area contributed by atoms with Crippen LogP contribution >= 0.6 is 17.2 Å². The molecule has 0 nitrogen and oxygen atoms in total. The van der Waals surface area contributed by atoms with Crippen molar-refractivity contribution in [2.24, 2.45) is 0 Å². The first kappa shape index (κ1) is 20.9. The number of hydrogen-bond acceptors (Lipinski definition) is 0. The Hall–Kier alpha value is 0.627. The molecule has 2 rings (SSSR count). The second-order valence-corrected chi connectivity index (χ2v) is 67.7. The SMILES string of the molecule is CCCC1=CC(C)=C[CH]1[Hf]([Cl])([Cl])([CH]1C=C(C)C=C1CCC)[SiH](C)C. The summed E-state index contributed by atoms with van der Waals surface area (Å²) < 4.78 is 0.703. The molecule has 24 heavy (non-hydrogen) atoms. The van der Waals surface area contributed by atoms with Gasteiger partial charge in [-0.1, -0.05) is 0 Å². The van der Waals surface area contributed by atoms with Crippen molar-refractivity contribution in [1.29, 1.82) is 0 Å². The quantitative estimate of drug-likeness (QED) is 0.283. The zero-order valence-electron chi connectivity index (χ0n) is 16.1. The van der Waals surface area contributed by atoms with Crippen LogP contribution in [0.5, 0.6) is 0 Å². The summed E-state index contributed by atoms with van der Waals surface area (Å²) in [7, 11) is 15.6. The number of rotatable bonds is 7. The molecule has 2 unspecified atom stereocenters. The summed E-state index contributed by atoms with van der Waals surface area (Å²) in [6.45, 7) is 13.8. The molecule has 2 atom stereocenters. The molecule has 0 aromatic rings. The van der Waals surface area contributed by atoms with E-state index in [2.05, 4.69) is 65.1 Å². The van der Waals surface area contributed by atoms with Crippen molar-refractivity contribution in [3.63, 3.8) is 0 Å². The van der Waals surface area contributed by atoms with Gasteiger partial charge in [-0.15, -0.1) is 0 Å². The van der Waals surface area contributed by atoms with Crippen LogP contribution < -0.4 is 0 Å². The fourth-order valence-electron chi connectivity index (χ4n) is 4.57. The van der Waals surface area contributed by atoms with Crippen molar-refractivity contribution in [2.45, 2.75) is 73.8 Å². The van der Waals surface area contributed by atoms with E-state index in [-0.39, 0.29) is 0 Å². The van der Waals surface area contributed by atoms with Gasteiger partial charge in [0.05, 0.1) is 0 Å². The zero-order valence-corrected chi connectivity index (χ0v) is 22.4. The van der Waals surface area contributed by atoms with Crippen molar-refractivity contribution < 1.29 is 15.3 Å². The first-order valence-electron chi connectivity index (χ1n) is 9.50. The molecule has 135 valence electrons. The van der Waals surface area contributed by atoms with Gasteiger partial charge in [0.15, 0.2) is 0 Å². The molecule has 0 aromatic carbocycles. The van der Waals surface area contributed by atoms with E-state index in [1.807, 2.05) is 0 Å². The predicted molar refractivity (Wildman–Crippen MR) is 112 cm³/mol. The normalized spacial score (nSPS) is 26.0. The predicted octanol–water partition coefficient (Wildman–Crippen LogP) is 7.92. The molecule has 0 N–H and O–H groups in total. The molecule has 0 saturated heterocycles. The van der Waals surface area contributed by atoms with E-state index in [1.165, 1.54) is 35.1 Å². The molecule has 0 bridgehead atoms. The van der Waals surface area contributed by atoms with Gasteiger partial charge in [0.25, 0.3) is 0 Å². The van der Waals surface area contributed by atoms with E-state index in [0.717, 1.165) is 12.8 Å². The van der Waals surface area contributed by atoms with E-state index >= 15 is 0 Å². The van der Waals surface area contributed by atoms with Crippen LogP contribution in [-0.2, 0) is 15.3 Å².